The molecular formula is C14H14N2O2. The summed E-state index contributed by atoms with van der Waals surface area (Å²) < 4.78 is 5.69. The zero-order valence-electron chi connectivity index (χ0n) is 10.0. The Bertz CT molecular complexity index is 594. The van der Waals surface area contributed by atoms with Crippen molar-refractivity contribution in [1.29, 1.82) is 0 Å². The quantitative estimate of drug-likeness (QED) is 0.811. The second-order valence-corrected chi connectivity index (χ2v) is 4.02. The molecule has 0 fully saturated rings. The number of hydrogen-bond acceptors (Lipinski definition) is 3. The van der Waals surface area contributed by atoms with Crippen LogP contribution in [0.2, 0.25) is 0 Å². The Balaban J connectivity index is 2.28. The largest absolute Gasteiger partial charge is 0.457 e. The number of hydrogen-bond donors (Lipinski definition) is 2. The Morgan fingerprint density at radius 2 is 1.94 bits per heavy atom. The van der Waals surface area contributed by atoms with Gasteiger partial charge in [0.25, 0.3) is 0 Å². The molecule has 0 spiro atoms. The number of rotatable bonds is 3. The first kappa shape index (κ1) is 12.0. The molecule has 2 aromatic carbocycles. The molecule has 92 valence electrons. The van der Waals surface area contributed by atoms with E-state index in [2.05, 4.69) is 0 Å². The fourth-order valence-corrected chi connectivity index (χ4v) is 1.63. The number of ether oxygens (including phenoxy) is 1. The molecule has 0 aromatic heterocycles. The third-order valence-electron chi connectivity index (χ3n) is 2.55. The molecule has 18 heavy (non-hydrogen) atoms. The molecule has 0 aliphatic carbocycles. The van der Waals surface area contributed by atoms with Gasteiger partial charge in [-0.05, 0) is 48.9 Å². The van der Waals surface area contributed by atoms with Crippen LogP contribution in [0.4, 0.5) is 5.69 Å². The molecule has 4 heteroatoms. The smallest absolute Gasteiger partial charge is 0.248 e. The molecule has 0 bridgehead atoms. The predicted molar refractivity (Wildman–Crippen MR) is 70.6 cm³/mol. The van der Waals surface area contributed by atoms with Gasteiger partial charge in [0.1, 0.15) is 11.5 Å². The molecule has 2 rings (SSSR count). The van der Waals surface area contributed by atoms with Gasteiger partial charge in [0.15, 0.2) is 0 Å². The van der Waals surface area contributed by atoms with Crippen molar-refractivity contribution in [1.82, 2.24) is 0 Å². The summed E-state index contributed by atoms with van der Waals surface area (Å²) >= 11 is 0. The van der Waals surface area contributed by atoms with E-state index in [1.54, 1.807) is 36.4 Å². The number of anilines is 1. The predicted octanol–water partition coefficient (Wildman–Crippen LogP) is 2.47. The van der Waals surface area contributed by atoms with Crippen LogP contribution in [0, 0.1) is 6.92 Å². The first-order chi connectivity index (χ1) is 8.56. The van der Waals surface area contributed by atoms with Crippen LogP contribution < -0.4 is 16.2 Å². The highest BCUT2D eigenvalue weighted by molar-refractivity contribution is 5.93. The molecule has 0 unspecified atom stereocenters. The number of amides is 1. The first-order valence-corrected chi connectivity index (χ1v) is 5.50. The number of nitrogen functional groups attached to an aromatic ring is 1. The van der Waals surface area contributed by atoms with Crippen molar-refractivity contribution < 1.29 is 9.53 Å². The molecule has 2 aromatic rings. The normalized spacial score (nSPS) is 10.1. The number of primary amides is 1. The maximum absolute atomic E-state index is 11.1. The lowest BCUT2D eigenvalue weighted by Crippen LogP contribution is -2.10. The maximum atomic E-state index is 11.1. The fourth-order valence-electron chi connectivity index (χ4n) is 1.63. The number of carbonyl (C=O) groups is 1. The van der Waals surface area contributed by atoms with Gasteiger partial charge in [-0.15, -0.1) is 0 Å². The van der Waals surface area contributed by atoms with Crippen LogP contribution in [0.1, 0.15) is 15.9 Å². The first-order valence-electron chi connectivity index (χ1n) is 5.50. The number of carbonyl (C=O) groups excluding carboxylic acids is 1. The van der Waals surface area contributed by atoms with E-state index in [0.717, 1.165) is 5.56 Å². The summed E-state index contributed by atoms with van der Waals surface area (Å²) in [6.07, 6.45) is 0. The molecule has 0 atom stereocenters. The van der Waals surface area contributed by atoms with Gasteiger partial charge in [0.2, 0.25) is 5.91 Å². The highest BCUT2D eigenvalue weighted by Crippen LogP contribution is 2.26. The van der Waals surface area contributed by atoms with E-state index in [0.29, 0.717) is 22.7 Å². The van der Waals surface area contributed by atoms with Gasteiger partial charge in [-0.2, -0.15) is 0 Å². The zero-order valence-corrected chi connectivity index (χ0v) is 10.0. The van der Waals surface area contributed by atoms with Gasteiger partial charge < -0.3 is 16.2 Å². The second-order valence-electron chi connectivity index (χ2n) is 4.02. The minimum Gasteiger partial charge on any atom is -0.457 e. The van der Waals surface area contributed by atoms with E-state index in [1.807, 2.05) is 13.0 Å². The maximum Gasteiger partial charge on any atom is 0.248 e. The van der Waals surface area contributed by atoms with Crippen LogP contribution in [0.15, 0.2) is 42.5 Å². The molecule has 0 aliphatic rings. The fraction of sp³-hybridized carbons (Fsp3) is 0.0714. The van der Waals surface area contributed by atoms with Crippen LogP contribution in [0.25, 0.3) is 0 Å². The lowest BCUT2D eigenvalue weighted by Gasteiger charge is -2.09. The minimum absolute atomic E-state index is 0.417. The Morgan fingerprint density at radius 3 is 2.61 bits per heavy atom. The van der Waals surface area contributed by atoms with Crippen LogP contribution in [0.5, 0.6) is 11.5 Å². The van der Waals surface area contributed by atoms with Crippen molar-refractivity contribution >= 4 is 11.6 Å². The van der Waals surface area contributed by atoms with Crippen molar-refractivity contribution in [2.45, 2.75) is 6.92 Å². The molecule has 4 nitrogen and oxygen atoms in total. The van der Waals surface area contributed by atoms with Crippen molar-refractivity contribution in [2.24, 2.45) is 5.73 Å². The third-order valence-corrected chi connectivity index (χ3v) is 2.55. The summed E-state index contributed by atoms with van der Waals surface area (Å²) in [5.74, 6) is 0.791. The van der Waals surface area contributed by atoms with Gasteiger partial charge in [-0.25, -0.2) is 0 Å². The zero-order chi connectivity index (χ0) is 13.1. The number of benzene rings is 2. The summed E-state index contributed by atoms with van der Waals surface area (Å²) in [5.41, 5.74) is 12.9. The van der Waals surface area contributed by atoms with E-state index in [1.165, 1.54) is 0 Å². The topological polar surface area (TPSA) is 78.3 Å². The molecule has 0 aliphatic heterocycles. The lowest BCUT2D eigenvalue weighted by molar-refractivity contribution is 0.1000. The van der Waals surface area contributed by atoms with Gasteiger partial charge in [-0.3, -0.25) is 4.79 Å². The van der Waals surface area contributed by atoms with Gasteiger partial charge >= 0.3 is 0 Å². The monoisotopic (exact) mass is 242 g/mol. The molecular weight excluding hydrogens is 228 g/mol. The molecule has 4 N–H and O–H groups in total. The number of nitrogens with two attached hydrogens (primary N) is 2. The lowest BCUT2D eigenvalue weighted by atomic mass is 10.2. The van der Waals surface area contributed by atoms with Crippen molar-refractivity contribution in [2.75, 3.05) is 5.73 Å². The summed E-state index contributed by atoms with van der Waals surface area (Å²) in [5, 5.41) is 0. The Labute approximate surface area is 105 Å². The highest BCUT2D eigenvalue weighted by atomic mass is 16.5. The number of aryl methyl sites for hydroxylation is 1. The highest BCUT2D eigenvalue weighted by Gasteiger charge is 2.05. The van der Waals surface area contributed by atoms with Crippen LogP contribution in [0.3, 0.4) is 0 Å². The van der Waals surface area contributed by atoms with Gasteiger partial charge in [0.05, 0.1) is 0 Å². The minimum atomic E-state index is -0.477. The van der Waals surface area contributed by atoms with Gasteiger partial charge in [0, 0.05) is 11.3 Å². The summed E-state index contributed by atoms with van der Waals surface area (Å²) in [6, 6.07) is 12.1. The summed E-state index contributed by atoms with van der Waals surface area (Å²) in [6.45, 7) is 1.91. The van der Waals surface area contributed by atoms with Crippen molar-refractivity contribution in [3.05, 3.63) is 53.6 Å². The Hall–Kier alpha value is -2.49. The molecule has 0 heterocycles. The van der Waals surface area contributed by atoms with E-state index >= 15 is 0 Å². The standard InChI is InChI=1S/C14H14N2O2/c1-9-7-11(15)5-6-13(9)18-12-4-2-3-10(8-12)14(16)17/h2-8H,15H2,1H3,(H2,16,17). The average molecular weight is 242 g/mol. The van der Waals surface area contributed by atoms with Crippen molar-refractivity contribution in [3.8, 4) is 11.5 Å². The van der Waals surface area contributed by atoms with E-state index in [-0.39, 0.29) is 0 Å². The molecule has 0 radical (unpaired) electrons. The summed E-state index contributed by atoms with van der Waals surface area (Å²) in [4.78, 5) is 11.1. The average Bonchev–Trinajstić information content (AvgIpc) is 2.33. The second kappa shape index (κ2) is 4.79. The summed E-state index contributed by atoms with van der Waals surface area (Å²) in [7, 11) is 0. The van der Waals surface area contributed by atoms with Gasteiger partial charge in [-0.1, -0.05) is 6.07 Å². The van der Waals surface area contributed by atoms with E-state index < -0.39 is 5.91 Å². The van der Waals surface area contributed by atoms with Crippen molar-refractivity contribution in [3.63, 3.8) is 0 Å². The SMILES string of the molecule is Cc1cc(N)ccc1Oc1cccc(C(N)=O)c1. The third kappa shape index (κ3) is 2.60. The van der Waals surface area contributed by atoms with E-state index in [9.17, 15) is 4.79 Å². The molecule has 1 amide bonds. The van der Waals surface area contributed by atoms with Crippen LogP contribution in [-0.4, -0.2) is 5.91 Å². The Morgan fingerprint density at radius 1 is 1.17 bits per heavy atom. The molecule has 0 saturated heterocycles. The molecule has 0 saturated carbocycles. The Kier molecular flexibility index (Phi) is 3.19. The van der Waals surface area contributed by atoms with Crippen LogP contribution >= 0.6 is 0 Å². The van der Waals surface area contributed by atoms with E-state index in [4.69, 9.17) is 16.2 Å². The van der Waals surface area contributed by atoms with Crippen LogP contribution in [-0.2, 0) is 0 Å².